The van der Waals surface area contributed by atoms with Crippen molar-refractivity contribution in [2.75, 3.05) is 20.2 Å². The van der Waals surface area contributed by atoms with Crippen molar-refractivity contribution in [2.24, 2.45) is 0 Å². The molecular weight excluding hydrogens is 198 g/mol. The van der Waals surface area contributed by atoms with Gasteiger partial charge in [0.2, 0.25) is 0 Å². The van der Waals surface area contributed by atoms with Crippen molar-refractivity contribution < 1.29 is 4.74 Å². The highest BCUT2D eigenvalue weighted by Gasteiger charge is 2.14. The van der Waals surface area contributed by atoms with Gasteiger partial charge in [0.25, 0.3) is 0 Å². The summed E-state index contributed by atoms with van der Waals surface area (Å²) in [6.45, 7) is 8.32. The molecule has 86 valence electrons. The van der Waals surface area contributed by atoms with Gasteiger partial charge in [0, 0.05) is 12.5 Å². The van der Waals surface area contributed by atoms with Crippen molar-refractivity contribution in [1.82, 2.24) is 5.32 Å². The highest BCUT2D eigenvalue weighted by atomic mass is 35.5. The molecule has 0 aromatic heterocycles. The minimum atomic E-state index is -0.0158. The van der Waals surface area contributed by atoms with E-state index in [4.69, 9.17) is 16.3 Å². The molecule has 2 nitrogen and oxygen atoms in total. The van der Waals surface area contributed by atoms with Gasteiger partial charge in [0.15, 0.2) is 0 Å². The van der Waals surface area contributed by atoms with Gasteiger partial charge in [0.05, 0.1) is 5.60 Å². The molecule has 0 aromatic carbocycles. The number of nitrogens with one attached hydrogen (secondary N) is 1. The second-order valence-corrected chi connectivity index (χ2v) is 4.88. The molecule has 0 fully saturated rings. The maximum Gasteiger partial charge on any atom is 0.0634 e. The third kappa shape index (κ3) is 7.60. The fourth-order valence-corrected chi connectivity index (χ4v) is 1.19. The van der Waals surface area contributed by atoms with Gasteiger partial charge in [-0.1, -0.05) is 6.92 Å². The fourth-order valence-electron chi connectivity index (χ4n) is 1.08. The Morgan fingerprint density at radius 3 is 2.50 bits per heavy atom. The molecule has 0 radical (unpaired) electrons. The zero-order valence-electron chi connectivity index (χ0n) is 9.90. The molecule has 1 unspecified atom stereocenters. The first-order valence-corrected chi connectivity index (χ1v) is 5.85. The minimum Gasteiger partial charge on any atom is -0.379 e. The van der Waals surface area contributed by atoms with Crippen LogP contribution in [0.3, 0.4) is 0 Å². The lowest BCUT2D eigenvalue weighted by Crippen LogP contribution is -2.29. The third-order valence-electron chi connectivity index (χ3n) is 2.53. The number of alkyl halides is 1. The van der Waals surface area contributed by atoms with Gasteiger partial charge in [-0.25, -0.2) is 0 Å². The fraction of sp³-hybridized carbons (Fsp3) is 1.00. The first-order valence-electron chi connectivity index (χ1n) is 5.41. The molecule has 0 amide bonds. The van der Waals surface area contributed by atoms with Crippen LogP contribution in [0.4, 0.5) is 0 Å². The van der Waals surface area contributed by atoms with E-state index in [0.29, 0.717) is 5.38 Å². The summed E-state index contributed by atoms with van der Waals surface area (Å²) in [6.07, 6.45) is 3.13. The standard InChI is InChI=1S/C11H24ClNO/c1-5-10(12)6-8-13-9-7-11(2,3)14-4/h10,13H,5-9H2,1-4H3. The van der Waals surface area contributed by atoms with Crippen molar-refractivity contribution >= 4 is 11.6 Å². The molecule has 0 saturated heterocycles. The van der Waals surface area contributed by atoms with Crippen LogP contribution in [-0.4, -0.2) is 31.2 Å². The number of hydrogen-bond acceptors (Lipinski definition) is 2. The molecule has 14 heavy (non-hydrogen) atoms. The first kappa shape index (κ1) is 14.2. The lowest BCUT2D eigenvalue weighted by molar-refractivity contribution is 0.0159. The van der Waals surface area contributed by atoms with Crippen molar-refractivity contribution in [3.05, 3.63) is 0 Å². The predicted octanol–water partition coefficient (Wildman–Crippen LogP) is 2.80. The summed E-state index contributed by atoms with van der Waals surface area (Å²) >= 11 is 6.00. The van der Waals surface area contributed by atoms with Crippen molar-refractivity contribution in [3.8, 4) is 0 Å². The number of ether oxygens (including phenoxy) is 1. The molecule has 0 aliphatic carbocycles. The Labute approximate surface area is 93.4 Å². The lowest BCUT2D eigenvalue weighted by atomic mass is 10.1. The molecule has 0 bridgehead atoms. The van der Waals surface area contributed by atoms with E-state index < -0.39 is 0 Å². The Morgan fingerprint density at radius 2 is 2.00 bits per heavy atom. The maximum absolute atomic E-state index is 6.00. The van der Waals surface area contributed by atoms with Gasteiger partial charge in [0.1, 0.15) is 0 Å². The van der Waals surface area contributed by atoms with Gasteiger partial charge in [-0.3, -0.25) is 0 Å². The molecule has 1 N–H and O–H groups in total. The third-order valence-corrected chi connectivity index (χ3v) is 3.06. The van der Waals surface area contributed by atoms with Gasteiger partial charge < -0.3 is 10.1 Å². The molecule has 0 saturated carbocycles. The normalized spacial score (nSPS) is 14.4. The Balaban J connectivity index is 3.30. The summed E-state index contributed by atoms with van der Waals surface area (Å²) in [5.41, 5.74) is -0.0158. The number of rotatable bonds is 8. The second kappa shape index (κ2) is 7.49. The van der Waals surface area contributed by atoms with Gasteiger partial charge in [-0.05, 0) is 46.2 Å². The SMILES string of the molecule is CCC(Cl)CCNCCC(C)(C)OC. The molecule has 3 heteroatoms. The quantitative estimate of drug-likeness (QED) is 0.503. The summed E-state index contributed by atoms with van der Waals surface area (Å²) in [5.74, 6) is 0. The Hall–Kier alpha value is 0.210. The van der Waals surface area contributed by atoms with E-state index in [2.05, 4.69) is 26.1 Å². The van der Waals surface area contributed by atoms with E-state index in [-0.39, 0.29) is 5.60 Å². The second-order valence-electron chi connectivity index (χ2n) is 4.26. The van der Waals surface area contributed by atoms with E-state index >= 15 is 0 Å². The minimum absolute atomic E-state index is 0.0158. The number of hydrogen-bond donors (Lipinski definition) is 1. The van der Waals surface area contributed by atoms with Crippen LogP contribution in [0.15, 0.2) is 0 Å². The molecular formula is C11H24ClNO. The van der Waals surface area contributed by atoms with Crippen LogP contribution in [-0.2, 0) is 4.74 Å². The van der Waals surface area contributed by atoms with Crippen molar-refractivity contribution in [1.29, 1.82) is 0 Å². The average molecular weight is 222 g/mol. The molecule has 0 heterocycles. The van der Waals surface area contributed by atoms with Gasteiger partial charge in [-0.2, -0.15) is 0 Å². The van der Waals surface area contributed by atoms with E-state index in [0.717, 1.165) is 32.4 Å². The number of halogens is 1. The van der Waals surface area contributed by atoms with Crippen LogP contribution < -0.4 is 5.32 Å². The molecule has 0 aliphatic rings. The summed E-state index contributed by atoms with van der Waals surface area (Å²) in [4.78, 5) is 0. The lowest BCUT2D eigenvalue weighted by Gasteiger charge is -2.22. The van der Waals surface area contributed by atoms with Crippen LogP contribution in [0.25, 0.3) is 0 Å². The summed E-state index contributed by atoms with van der Waals surface area (Å²) in [6, 6.07) is 0. The Morgan fingerprint density at radius 1 is 1.36 bits per heavy atom. The van der Waals surface area contributed by atoms with E-state index in [1.54, 1.807) is 7.11 Å². The summed E-state index contributed by atoms with van der Waals surface area (Å²) in [7, 11) is 1.76. The van der Waals surface area contributed by atoms with Crippen molar-refractivity contribution in [2.45, 2.75) is 51.0 Å². The first-order chi connectivity index (χ1) is 6.52. The summed E-state index contributed by atoms with van der Waals surface area (Å²) in [5, 5.41) is 3.69. The summed E-state index contributed by atoms with van der Waals surface area (Å²) < 4.78 is 5.32. The molecule has 0 aromatic rings. The van der Waals surface area contributed by atoms with Crippen LogP contribution in [0, 0.1) is 0 Å². The van der Waals surface area contributed by atoms with Crippen LogP contribution >= 0.6 is 11.6 Å². The Bertz CT molecular complexity index is 139. The van der Waals surface area contributed by atoms with Gasteiger partial charge in [-0.15, -0.1) is 11.6 Å². The van der Waals surface area contributed by atoms with E-state index in [9.17, 15) is 0 Å². The Kier molecular flexibility index (Phi) is 7.61. The number of methoxy groups -OCH3 is 1. The maximum atomic E-state index is 6.00. The average Bonchev–Trinajstić information content (AvgIpc) is 2.17. The van der Waals surface area contributed by atoms with Gasteiger partial charge >= 0.3 is 0 Å². The largest absolute Gasteiger partial charge is 0.379 e. The van der Waals surface area contributed by atoms with Crippen LogP contribution in [0.2, 0.25) is 0 Å². The van der Waals surface area contributed by atoms with Crippen LogP contribution in [0.5, 0.6) is 0 Å². The zero-order valence-corrected chi connectivity index (χ0v) is 10.7. The molecule has 0 spiro atoms. The van der Waals surface area contributed by atoms with E-state index in [1.807, 2.05) is 0 Å². The predicted molar refractivity (Wildman–Crippen MR) is 63.1 cm³/mol. The topological polar surface area (TPSA) is 21.3 Å². The molecule has 1 atom stereocenters. The van der Waals surface area contributed by atoms with E-state index in [1.165, 1.54) is 0 Å². The van der Waals surface area contributed by atoms with Crippen molar-refractivity contribution in [3.63, 3.8) is 0 Å². The highest BCUT2D eigenvalue weighted by molar-refractivity contribution is 6.20. The highest BCUT2D eigenvalue weighted by Crippen LogP contribution is 2.11. The van der Waals surface area contributed by atoms with Crippen LogP contribution in [0.1, 0.15) is 40.0 Å². The monoisotopic (exact) mass is 221 g/mol. The smallest absolute Gasteiger partial charge is 0.0634 e. The molecule has 0 rings (SSSR count). The molecule has 0 aliphatic heterocycles. The zero-order chi connectivity index (χ0) is 11.0.